The number of carbonyl (C=O) groups is 1. The molecular weight excluding hydrogens is 357 g/mol. The first-order valence-electron chi connectivity index (χ1n) is 6.56. The van der Waals surface area contributed by atoms with E-state index in [4.69, 9.17) is 32.7 Å². The quantitative estimate of drug-likeness (QED) is 0.597. The van der Waals surface area contributed by atoms with Gasteiger partial charge in [-0.1, -0.05) is 23.2 Å². The number of carboxylic acid groups (broad SMARTS) is 1. The maximum atomic E-state index is 11.5. The van der Waals surface area contributed by atoms with E-state index >= 15 is 0 Å². The molecule has 0 aliphatic rings. The van der Waals surface area contributed by atoms with Crippen LogP contribution in [0.1, 0.15) is 15.9 Å². The molecule has 9 heteroatoms. The molecule has 0 fully saturated rings. The Balaban J connectivity index is 2.33. The summed E-state index contributed by atoms with van der Waals surface area (Å²) in [5.41, 5.74) is 2.87. The molecule has 0 atom stereocenters. The monoisotopic (exact) mass is 369 g/mol. The third-order valence-electron chi connectivity index (χ3n) is 2.97. The SMILES string of the molecule is COc1ccc(/C=N\Nc2ncc(Cl)cc2Cl)c(C(=O)O)c1OC. The molecule has 0 aliphatic heterocycles. The number of ether oxygens (including phenoxy) is 2. The zero-order valence-corrected chi connectivity index (χ0v) is 14.2. The average Bonchev–Trinajstić information content (AvgIpc) is 2.55. The molecule has 0 bridgehead atoms. The Hall–Kier alpha value is -2.51. The van der Waals surface area contributed by atoms with Gasteiger partial charge in [0.2, 0.25) is 0 Å². The van der Waals surface area contributed by atoms with Crippen LogP contribution in [0.4, 0.5) is 5.82 Å². The Labute approximate surface area is 147 Å². The van der Waals surface area contributed by atoms with E-state index in [9.17, 15) is 9.90 Å². The van der Waals surface area contributed by atoms with Gasteiger partial charge >= 0.3 is 5.97 Å². The summed E-state index contributed by atoms with van der Waals surface area (Å²) in [5, 5.41) is 14.0. The fraction of sp³-hybridized carbons (Fsp3) is 0.133. The molecule has 0 aliphatic carbocycles. The molecule has 1 heterocycles. The van der Waals surface area contributed by atoms with Crippen molar-refractivity contribution in [1.29, 1.82) is 0 Å². The smallest absolute Gasteiger partial charge is 0.340 e. The van der Waals surface area contributed by atoms with E-state index in [1.807, 2.05) is 0 Å². The summed E-state index contributed by atoms with van der Waals surface area (Å²) in [4.78, 5) is 15.5. The zero-order valence-electron chi connectivity index (χ0n) is 12.7. The molecule has 0 amide bonds. The molecule has 2 aromatic rings. The first kappa shape index (κ1) is 17.8. The summed E-state index contributed by atoms with van der Waals surface area (Å²) in [7, 11) is 2.79. The molecule has 0 spiro atoms. The lowest BCUT2D eigenvalue weighted by molar-refractivity contribution is 0.0692. The minimum Gasteiger partial charge on any atom is -0.493 e. The molecule has 0 radical (unpaired) electrons. The molecule has 0 saturated carbocycles. The van der Waals surface area contributed by atoms with Gasteiger partial charge in [-0.05, 0) is 18.2 Å². The van der Waals surface area contributed by atoms with Crippen LogP contribution in [0, 0.1) is 0 Å². The van der Waals surface area contributed by atoms with Gasteiger partial charge < -0.3 is 14.6 Å². The van der Waals surface area contributed by atoms with Gasteiger partial charge in [0.05, 0.1) is 30.5 Å². The van der Waals surface area contributed by atoms with E-state index in [1.54, 1.807) is 12.1 Å². The number of hydrogen-bond donors (Lipinski definition) is 2. The second-order valence-corrected chi connectivity index (χ2v) is 5.27. The van der Waals surface area contributed by atoms with Gasteiger partial charge in [-0.3, -0.25) is 5.43 Å². The van der Waals surface area contributed by atoms with Gasteiger partial charge in [0.15, 0.2) is 17.3 Å². The minimum atomic E-state index is -1.17. The number of rotatable bonds is 6. The van der Waals surface area contributed by atoms with Crippen molar-refractivity contribution in [3.05, 3.63) is 45.6 Å². The summed E-state index contributed by atoms with van der Waals surface area (Å²) < 4.78 is 10.2. The molecular formula is C15H13Cl2N3O4. The van der Waals surface area contributed by atoms with Crippen LogP contribution in [-0.2, 0) is 0 Å². The van der Waals surface area contributed by atoms with Gasteiger partial charge in [-0.25, -0.2) is 9.78 Å². The molecule has 126 valence electrons. The topological polar surface area (TPSA) is 93.0 Å². The largest absolute Gasteiger partial charge is 0.493 e. The van der Waals surface area contributed by atoms with Crippen LogP contribution in [-0.4, -0.2) is 36.5 Å². The minimum absolute atomic E-state index is 0.0717. The van der Waals surface area contributed by atoms with Crippen LogP contribution in [0.2, 0.25) is 10.0 Å². The Morgan fingerprint density at radius 2 is 2.08 bits per heavy atom. The molecule has 0 saturated heterocycles. The van der Waals surface area contributed by atoms with Crippen LogP contribution >= 0.6 is 23.2 Å². The predicted molar refractivity (Wildman–Crippen MR) is 92.0 cm³/mol. The summed E-state index contributed by atoms with van der Waals surface area (Å²) in [6, 6.07) is 4.64. The number of hydrazone groups is 1. The highest BCUT2D eigenvalue weighted by molar-refractivity contribution is 6.35. The van der Waals surface area contributed by atoms with E-state index < -0.39 is 5.97 Å². The van der Waals surface area contributed by atoms with Crippen LogP contribution in [0.5, 0.6) is 11.5 Å². The fourth-order valence-electron chi connectivity index (χ4n) is 1.93. The van der Waals surface area contributed by atoms with E-state index in [2.05, 4.69) is 15.5 Å². The van der Waals surface area contributed by atoms with Crippen molar-refractivity contribution in [3.8, 4) is 11.5 Å². The van der Waals surface area contributed by atoms with Crippen molar-refractivity contribution >= 4 is 41.2 Å². The summed E-state index contributed by atoms with van der Waals surface area (Å²) in [6.45, 7) is 0. The number of carboxylic acids is 1. The Morgan fingerprint density at radius 1 is 1.33 bits per heavy atom. The number of halogens is 2. The molecule has 24 heavy (non-hydrogen) atoms. The lowest BCUT2D eigenvalue weighted by Crippen LogP contribution is -2.07. The number of hydrogen-bond acceptors (Lipinski definition) is 6. The van der Waals surface area contributed by atoms with E-state index in [1.165, 1.54) is 32.7 Å². The predicted octanol–water partition coefficient (Wildman–Crippen LogP) is 3.55. The lowest BCUT2D eigenvalue weighted by atomic mass is 10.1. The summed E-state index contributed by atoms with van der Waals surface area (Å²) in [5.74, 6) is -0.469. The van der Waals surface area contributed by atoms with Crippen molar-refractivity contribution in [2.24, 2.45) is 5.10 Å². The van der Waals surface area contributed by atoms with Crippen LogP contribution in [0.25, 0.3) is 0 Å². The van der Waals surface area contributed by atoms with Crippen molar-refractivity contribution < 1.29 is 19.4 Å². The lowest BCUT2D eigenvalue weighted by Gasteiger charge is -2.12. The zero-order chi connectivity index (χ0) is 17.7. The van der Waals surface area contributed by atoms with Gasteiger partial charge in [0, 0.05) is 11.8 Å². The van der Waals surface area contributed by atoms with Crippen LogP contribution < -0.4 is 14.9 Å². The molecule has 2 rings (SSSR count). The number of benzene rings is 1. The van der Waals surface area contributed by atoms with Gasteiger partial charge in [-0.2, -0.15) is 5.10 Å². The number of anilines is 1. The molecule has 7 nitrogen and oxygen atoms in total. The molecule has 0 unspecified atom stereocenters. The Morgan fingerprint density at radius 3 is 2.67 bits per heavy atom. The Kier molecular flexibility index (Phi) is 5.83. The number of pyridine rings is 1. The molecule has 2 N–H and O–H groups in total. The second-order valence-electron chi connectivity index (χ2n) is 4.42. The average molecular weight is 370 g/mol. The third kappa shape index (κ3) is 3.87. The molecule has 1 aromatic heterocycles. The van der Waals surface area contributed by atoms with Crippen molar-refractivity contribution in [2.75, 3.05) is 19.6 Å². The second kappa shape index (κ2) is 7.85. The summed E-state index contributed by atoms with van der Waals surface area (Å²) >= 11 is 11.7. The normalized spacial score (nSPS) is 10.7. The highest BCUT2D eigenvalue weighted by Gasteiger charge is 2.20. The number of aromatic nitrogens is 1. The standard InChI is InChI=1S/C15H13Cl2N3O4/c1-23-11-4-3-8(12(15(21)22)13(11)24-2)6-19-20-14-10(17)5-9(16)7-18-14/h3-7H,1-2H3,(H,18,20)(H,21,22)/b19-6-. The molecule has 1 aromatic carbocycles. The van der Waals surface area contributed by atoms with E-state index in [0.717, 1.165) is 0 Å². The first-order valence-corrected chi connectivity index (χ1v) is 7.32. The van der Waals surface area contributed by atoms with E-state index in [-0.39, 0.29) is 22.2 Å². The number of aromatic carboxylic acids is 1. The highest BCUT2D eigenvalue weighted by atomic mass is 35.5. The van der Waals surface area contributed by atoms with Crippen LogP contribution in [0.3, 0.4) is 0 Å². The van der Waals surface area contributed by atoms with Crippen molar-refractivity contribution in [2.45, 2.75) is 0 Å². The Bertz CT molecular complexity index is 797. The van der Waals surface area contributed by atoms with Crippen molar-refractivity contribution in [3.63, 3.8) is 0 Å². The summed E-state index contributed by atoms with van der Waals surface area (Å²) in [6.07, 6.45) is 2.72. The number of methoxy groups -OCH3 is 2. The highest BCUT2D eigenvalue weighted by Crippen LogP contribution is 2.33. The maximum Gasteiger partial charge on any atom is 0.340 e. The van der Waals surface area contributed by atoms with Crippen molar-refractivity contribution in [1.82, 2.24) is 4.98 Å². The van der Waals surface area contributed by atoms with Gasteiger partial charge in [0.25, 0.3) is 0 Å². The fourth-order valence-corrected chi connectivity index (χ4v) is 2.35. The van der Waals surface area contributed by atoms with Crippen LogP contribution in [0.15, 0.2) is 29.5 Å². The number of nitrogens with one attached hydrogen (secondary N) is 1. The number of nitrogens with zero attached hydrogens (tertiary/aromatic N) is 2. The first-order chi connectivity index (χ1) is 11.5. The maximum absolute atomic E-state index is 11.5. The van der Waals surface area contributed by atoms with Gasteiger partial charge in [-0.15, -0.1) is 0 Å². The van der Waals surface area contributed by atoms with E-state index in [0.29, 0.717) is 16.3 Å². The van der Waals surface area contributed by atoms with Gasteiger partial charge in [0.1, 0.15) is 5.56 Å². The third-order valence-corrected chi connectivity index (χ3v) is 3.47.